The van der Waals surface area contributed by atoms with Gasteiger partial charge in [0, 0.05) is 38.1 Å². The van der Waals surface area contributed by atoms with E-state index in [1.54, 1.807) is 11.3 Å². The van der Waals surface area contributed by atoms with E-state index in [0.29, 0.717) is 6.04 Å². The largest absolute Gasteiger partial charge is 0.355 e. The Hall–Kier alpha value is -1.66. The maximum Gasteiger partial charge on any atom is 0.223 e. The van der Waals surface area contributed by atoms with Crippen LogP contribution in [-0.4, -0.2) is 54.6 Å². The highest BCUT2D eigenvalue weighted by atomic mass is 32.1. The van der Waals surface area contributed by atoms with Crippen molar-refractivity contribution in [3.05, 3.63) is 23.3 Å². The highest BCUT2D eigenvalue weighted by Crippen LogP contribution is 2.33. The minimum atomic E-state index is 0.142. The van der Waals surface area contributed by atoms with Gasteiger partial charge in [-0.25, -0.2) is 4.98 Å². The molecule has 6 heteroatoms. The van der Waals surface area contributed by atoms with E-state index < -0.39 is 0 Å². The Kier molecular flexibility index (Phi) is 6.40. The summed E-state index contributed by atoms with van der Waals surface area (Å²) >= 11 is 1.78. The van der Waals surface area contributed by atoms with Crippen LogP contribution in [-0.2, 0) is 4.79 Å². The average molecular weight is 415 g/mol. The number of rotatable bonds is 5. The smallest absolute Gasteiger partial charge is 0.223 e. The molecule has 3 heterocycles. The van der Waals surface area contributed by atoms with Crippen LogP contribution in [0.2, 0.25) is 0 Å². The van der Waals surface area contributed by atoms with Crippen molar-refractivity contribution >= 4 is 32.6 Å². The number of thiazole rings is 1. The van der Waals surface area contributed by atoms with Gasteiger partial charge >= 0.3 is 0 Å². The third-order valence-corrected chi connectivity index (χ3v) is 7.66. The number of nitrogens with one attached hydrogen (secondary N) is 1. The highest BCUT2D eigenvalue weighted by molar-refractivity contribution is 7.22. The summed E-state index contributed by atoms with van der Waals surface area (Å²) in [6.45, 7) is 11.4. The lowest BCUT2D eigenvalue weighted by molar-refractivity contribution is -0.125. The van der Waals surface area contributed by atoms with Crippen LogP contribution in [0.1, 0.15) is 50.2 Å². The van der Waals surface area contributed by atoms with Gasteiger partial charge in [-0.15, -0.1) is 0 Å². The Morgan fingerprint density at radius 1 is 1.17 bits per heavy atom. The summed E-state index contributed by atoms with van der Waals surface area (Å²) in [6, 6.07) is 5.09. The number of aromatic nitrogens is 1. The van der Waals surface area contributed by atoms with E-state index >= 15 is 0 Å². The molecule has 2 saturated heterocycles. The summed E-state index contributed by atoms with van der Waals surface area (Å²) in [5.74, 6) is 0.383. The number of amides is 1. The van der Waals surface area contributed by atoms with Gasteiger partial charge in [-0.3, -0.25) is 9.69 Å². The molecule has 1 aromatic carbocycles. The van der Waals surface area contributed by atoms with Crippen molar-refractivity contribution in [1.29, 1.82) is 0 Å². The molecular formula is C23H34N4OS. The molecule has 2 aliphatic rings. The van der Waals surface area contributed by atoms with Gasteiger partial charge in [0.05, 0.1) is 10.2 Å². The molecule has 2 fully saturated rings. The van der Waals surface area contributed by atoms with E-state index in [2.05, 4.69) is 48.0 Å². The van der Waals surface area contributed by atoms with Gasteiger partial charge < -0.3 is 10.2 Å². The first-order chi connectivity index (χ1) is 14.0. The standard InChI is InChI=1S/C23H34N4OS/c1-16-14-17(2)21-20(15-16)29-23(25-21)27-11-7-19(8-12-27)22(28)24-9-13-26-10-5-4-6-18(26)3/h14-15,18-19H,4-13H2,1-3H3,(H,24,28). The lowest BCUT2D eigenvalue weighted by Gasteiger charge is -2.34. The van der Waals surface area contributed by atoms with E-state index in [9.17, 15) is 4.79 Å². The molecule has 4 rings (SSSR count). The summed E-state index contributed by atoms with van der Waals surface area (Å²) in [5, 5.41) is 4.30. The lowest BCUT2D eigenvalue weighted by atomic mass is 9.96. The number of nitrogens with zero attached hydrogens (tertiary/aromatic N) is 3. The van der Waals surface area contributed by atoms with Crippen LogP contribution in [0.4, 0.5) is 5.13 Å². The predicted octanol–water partition coefficient (Wildman–Crippen LogP) is 4.12. The van der Waals surface area contributed by atoms with E-state index in [1.165, 1.54) is 41.6 Å². The molecule has 2 aromatic rings. The minimum absolute atomic E-state index is 0.142. The monoisotopic (exact) mass is 414 g/mol. The first-order valence-electron chi connectivity index (χ1n) is 11.2. The molecule has 1 unspecified atom stereocenters. The first-order valence-corrected chi connectivity index (χ1v) is 12.0. The Labute approximate surface area is 178 Å². The predicted molar refractivity (Wildman–Crippen MR) is 122 cm³/mol. The lowest BCUT2D eigenvalue weighted by Crippen LogP contribution is -2.45. The fourth-order valence-corrected chi connectivity index (χ4v) is 5.98. The molecule has 1 aromatic heterocycles. The van der Waals surface area contributed by atoms with Crippen molar-refractivity contribution in [3.63, 3.8) is 0 Å². The van der Waals surface area contributed by atoms with E-state index in [4.69, 9.17) is 4.98 Å². The molecule has 0 bridgehead atoms. The molecular weight excluding hydrogens is 380 g/mol. The van der Waals surface area contributed by atoms with Crippen LogP contribution < -0.4 is 10.2 Å². The van der Waals surface area contributed by atoms with Gasteiger partial charge in [0.15, 0.2) is 5.13 Å². The second kappa shape index (κ2) is 9.00. The van der Waals surface area contributed by atoms with Gasteiger partial charge in [0.2, 0.25) is 5.91 Å². The number of hydrogen-bond acceptors (Lipinski definition) is 5. The van der Waals surface area contributed by atoms with Crippen molar-refractivity contribution in [3.8, 4) is 0 Å². The molecule has 1 N–H and O–H groups in total. The maximum absolute atomic E-state index is 12.6. The number of likely N-dealkylation sites (tertiary alicyclic amines) is 1. The molecule has 0 saturated carbocycles. The number of hydrogen-bond donors (Lipinski definition) is 1. The second-order valence-electron chi connectivity index (χ2n) is 8.86. The molecule has 158 valence electrons. The van der Waals surface area contributed by atoms with Gasteiger partial charge in [0.1, 0.15) is 0 Å². The summed E-state index contributed by atoms with van der Waals surface area (Å²) in [7, 11) is 0. The molecule has 5 nitrogen and oxygen atoms in total. The molecule has 0 spiro atoms. The van der Waals surface area contributed by atoms with Crippen LogP contribution in [0.15, 0.2) is 12.1 Å². The zero-order valence-electron chi connectivity index (χ0n) is 18.0. The quantitative estimate of drug-likeness (QED) is 0.800. The number of carbonyl (C=O) groups excluding carboxylic acids is 1. The molecule has 29 heavy (non-hydrogen) atoms. The number of benzene rings is 1. The number of anilines is 1. The summed E-state index contributed by atoms with van der Waals surface area (Å²) < 4.78 is 1.27. The Bertz CT molecular complexity index is 856. The van der Waals surface area contributed by atoms with Crippen molar-refractivity contribution in [2.24, 2.45) is 5.92 Å². The Balaban J connectivity index is 1.27. The Morgan fingerprint density at radius 2 is 1.97 bits per heavy atom. The normalized spacial score (nSPS) is 21.6. The molecule has 0 radical (unpaired) electrons. The molecule has 1 atom stereocenters. The third kappa shape index (κ3) is 4.75. The molecule has 2 aliphatic heterocycles. The molecule has 1 amide bonds. The van der Waals surface area contributed by atoms with Crippen LogP contribution in [0, 0.1) is 19.8 Å². The Morgan fingerprint density at radius 3 is 2.72 bits per heavy atom. The zero-order chi connectivity index (χ0) is 20.4. The molecule has 0 aliphatic carbocycles. The first kappa shape index (κ1) is 20.6. The average Bonchev–Trinajstić information content (AvgIpc) is 3.14. The highest BCUT2D eigenvalue weighted by Gasteiger charge is 2.27. The van der Waals surface area contributed by atoms with E-state index in [-0.39, 0.29) is 11.8 Å². The number of piperidine rings is 2. The fourth-order valence-electron chi connectivity index (χ4n) is 4.78. The third-order valence-electron chi connectivity index (χ3n) is 6.59. The van der Waals surface area contributed by atoms with Crippen LogP contribution in [0.5, 0.6) is 0 Å². The SMILES string of the molecule is Cc1cc(C)c2nc(N3CCC(C(=O)NCCN4CCCCC4C)CC3)sc2c1. The second-order valence-corrected chi connectivity index (χ2v) is 9.87. The topological polar surface area (TPSA) is 48.5 Å². The van der Waals surface area contributed by atoms with Gasteiger partial charge in [-0.2, -0.15) is 0 Å². The van der Waals surface area contributed by atoms with Crippen LogP contribution in [0.25, 0.3) is 10.2 Å². The van der Waals surface area contributed by atoms with E-state index in [1.807, 2.05) is 0 Å². The maximum atomic E-state index is 12.6. The van der Waals surface area contributed by atoms with Gasteiger partial charge in [-0.1, -0.05) is 23.8 Å². The summed E-state index contributed by atoms with van der Waals surface area (Å²) in [5.41, 5.74) is 3.67. The number of aryl methyl sites for hydroxylation is 2. The van der Waals surface area contributed by atoms with Crippen molar-refractivity contribution < 1.29 is 4.79 Å². The van der Waals surface area contributed by atoms with Crippen LogP contribution >= 0.6 is 11.3 Å². The van der Waals surface area contributed by atoms with Crippen molar-refractivity contribution in [1.82, 2.24) is 15.2 Å². The van der Waals surface area contributed by atoms with Gasteiger partial charge in [0.25, 0.3) is 0 Å². The fraction of sp³-hybridized carbons (Fsp3) is 0.652. The summed E-state index contributed by atoms with van der Waals surface area (Å²) in [4.78, 5) is 22.4. The van der Waals surface area contributed by atoms with Crippen molar-refractivity contribution in [2.45, 2.75) is 58.9 Å². The number of carbonyl (C=O) groups is 1. The van der Waals surface area contributed by atoms with E-state index in [0.717, 1.165) is 49.7 Å². The van der Waals surface area contributed by atoms with Crippen molar-refractivity contribution in [2.75, 3.05) is 37.6 Å². The zero-order valence-corrected chi connectivity index (χ0v) is 18.9. The van der Waals surface area contributed by atoms with Crippen LogP contribution in [0.3, 0.4) is 0 Å². The summed E-state index contributed by atoms with van der Waals surface area (Å²) in [6.07, 6.45) is 5.76. The minimum Gasteiger partial charge on any atom is -0.355 e. The number of fused-ring (bicyclic) bond motifs is 1. The van der Waals surface area contributed by atoms with Gasteiger partial charge in [-0.05, 0) is 70.2 Å².